The molecule has 3 rings (SSSR count). The summed E-state index contributed by atoms with van der Waals surface area (Å²) in [6, 6.07) is 7.04. The van der Waals surface area contributed by atoms with Gasteiger partial charge in [-0.05, 0) is 30.4 Å². The highest BCUT2D eigenvalue weighted by Gasteiger charge is 2.18. The number of pyridine rings is 1. The molecule has 0 amide bonds. The second-order valence-corrected chi connectivity index (χ2v) is 5.24. The Bertz CT molecular complexity index is 1070. The summed E-state index contributed by atoms with van der Waals surface area (Å²) in [5.41, 5.74) is -0.572. The van der Waals surface area contributed by atoms with Gasteiger partial charge in [0.05, 0.1) is 16.6 Å². The number of nitrogens with zero attached hydrogens (tertiary/aromatic N) is 2. The van der Waals surface area contributed by atoms with E-state index in [2.05, 4.69) is 9.97 Å². The van der Waals surface area contributed by atoms with Gasteiger partial charge in [0.15, 0.2) is 4.77 Å². The number of aromatic carboxylic acids is 1. The maximum atomic E-state index is 14.0. The molecule has 116 valence electrons. The quantitative estimate of drug-likeness (QED) is 0.705. The number of rotatable bonds is 2. The van der Waals surface area contributed by atoms with Crippen molar-refractivity contribution in [3.8, 4) is 11.3 Å². The van der Waals surface area contributed by atoms with Crippen molar-refractivity contribution in [2.75, 3.05) is 0 Å². The summed E-state index contributed by atoms with van der Waals surface area (Å²) < 4.78 is 15.5. The SMILES string of the molecule is Cn1c(=S)[nH]c(=O)c2c(C(=O)O)cc(-c3ccccc3F)nc21. The Labute approximate surface area is 133 Å². The lowest BCUT2D eigenvalue weighted by Gasteiger charge is -2.10. The summed E-state index contributed by atoms with van der Waals surface area (Å²) in [6.07, 6.45) is 0. The molecule has 3 aromatic rings. The molecule has 0 saturated heterocycles. The molecule has 0 unspecified atom stereocenters. The number of aryl methyl sites for hydroxylation is 1. The molecule has 1 aromatic carbocycles. The van der Waals surface area contributed by atoms with Crippen LogP contribution in [0.5, 0.6) is 0 Å². The maximum Gasteiger partial charge on any atom is 0.336 e. The lowest BCUT2D eigenvalue weighted by Crippen LogP contribution is -2.17. The third-order valence-electron chi connectivity index (χ3n) is 3.45. The predicted molar refractivity (Wildman–Crippen MR) is 84.5 cm³/mol. The summed E-state index contributed by atoms with van der Waals surface area (Å²) in [4.78, 5) is 30.2. The topological polar surface area (TPSA) is 88.0 Å². The molecule has 8 heteroatoms. The van der Waals surface area contributed by atoms with Gasteiger partial charge in [-0.1, -0.05) is 12.1 Å². The van der Waals surface area contributed by atoms with E-state index in [0.717, 1.165) is 0 Å². The van der Waals surface area contributed by atoms with E-state index >= 15 is 0 Å². The lowest BCUT2D eigenvalue weighted by molar-refractivity contribution is 0.0699. The van der Waals surface area contributed by atoms with E-state index in [-0.39, 0.29) is 32.6 Å². The maximum absolute atomic E-state index is 14.0. The number of halogens is 1. The highest BCUT2D eigenvalue weighted by Crippen LogP contribution is 2.25. The molecule has 23 heavy (non-hydrogen) atoms. The standard InChI is InChI=1S/C15H10FN3O3S/c1-19-12-11(13(20)18-15(19)23)8(14(21)22)6-10(17-12)7-4-2-3-5-9(7)16/h2-6H,1H3,(H,21,22)(H,18,20,23). The number of fused-ring (bicyclic) bond motifs is 1. The molecule has 2 aromatic heterocycles. The Kier molecular flexibility index (Phi) is 3.53. The molecule has 2 N–H and O–H groups in total. The molecule has 0 atom stereocenters. The summed E-state index contributed by atoms with van der Waals surface area (Å²) in [7, 11) is 1.55. The minimum absolute atomic E-state index is 0.0805. The monoisotopic (exact) mass is 331 g/mol. The van der Waals surface area contributed by atoms with Gasteiger partial charge in [0.25, 0.3) is 5.56 Å². The van der Waals surface area contributed by atoms with E-state index in [1.54, 1.807) is 13.1 Å². The van der Waals surface area contributed by atoms with Gasteiger partial charge >= 0.3 is 5.97 Å². The van der Waals surface area contributed by atoms with Crippen molar-refractivity contribution in [3.05, 3.63) is 56.8 Å². The van der Waals surface area contributed by atoms with Crippen LogP contribution in [-0.4, -0.2) is 25.6 Å². The number of carbonyl (C=O) groups is 1. The Hall–Kier alpha value is -2.87. The van der Waals surface area contributed by atoms with Crippen molar-refractivity contribution >= 4 is 29.2 Å². The number of H-pyrrole nitrogens is 1. The van der Waals surface area contributed by atoms with Gasteiger partial charge in [0, 0.05) is 12.6 Å². The number of benzene rings is 1. The van der Waals surface area contributed by atoms with Crippen molar-refractivity contribution < 1.29 is 14.3 Å². The molecule has 0 fully saturated rings. The largest absolute Gasteiger partial charge is 0.478 e. The van der Waals surface area contributed by atoms with Gasteiger partial charge in [-0.25, -0.2) is 14.2 Å². The minimum Gasteiger partial charge on any atom is -0.478 e. The van der Waals surface area contributed by atoms with Crippen molar-refractivity contribution in [1.82, 2.24) is 14.5 Å². The molecule has 0 saturated carbocycles. The number of aromatic nitrogens is 3. The van der Waals surface area contributed by atoms with E-state index in [4.69, 9.17) is 12.2 Å². The van der Waals surface area contributed by atoms with Crippen LogP contribution in [-0.2, 0) is 7.05 Å². The molecule has 0 radical (unpaired) electrons. The molecule has 0 spiro atoms. The second-order valence-electron chi connectivity index (χ2n) is 4.86. The average molecular weight is 331 g/mol. The van der Waals surface area contributed by atoms with Crippen LogP contribution in [0.15, 0.2) is 35.1 Å². The van der Waals surface area contributed by atoms with Crippen LogP contribution in [0.1, 0.15) is 10.4 Å². The van der Waals surface area contributed by atoms with Gasteiger partial charge in [-0.2, -0.15) is 0 Å². The van der Waals surface area contributed by atoms with Gasteiger partial charge in [0.2, 0.25) is 0 Å². The summed E-state index contributed by atoms with van der Waals surface area (Å²) in [5.74, 6) is -1.85. The zero-order valence-corrected chi connectivity index (χ0v) is 12.6. The van der Waals surface area contributed by atoms with Crippen molar-refractivity contribution in [3.63, 3.8) is 0 Å². The van der Waals surface area contributed by atoms with Gasteiger partial charge in [-0.3, -0.25) is 9.78 Å². The first-order valence-corrected chi connectivity index (χ1v) is 6.93. The van der Waals surface area contributed by atoms with E-state index < -0.39 is 17.3 Å². The van der Waals surface area contributed by atoms with E-state index in [1.165, 1.54) is 28.8 Å². The van der Waals surface area contributed by atoms with Crippen molar-refractivity contribution in [2.45, 2.75) is 0 Å². The van der Waals surface area contributed by atoms with E-state index in [1.807, 2.05) is 0 Å². The van der Waals surface area contributed by atoms with E-state index in [0.29, 0.717) is 0 Å². The Morgan fingerprint density at radius 2 is 2.09 bits per heavy atom. The van der Waals surface area contributed by atoms with Crippen LogP contribution in [0.25, 0.3) is 22.3 Å². The second kappa shape index (κ2) is 5.40. The molecule has 0 aliphatic carbocycles. The fraction of sp³-hybridized carbons (Fsp3) is 0.0667. The smallest absolute Gasteiger partial charge is 0.336 e. The van der Waals surface area contributed by atoms with Gasteiger partial charge in [0.1, 0.15) is 11.5 Å². The summed E-state index contributed by atoms with van der Waals surface area (Å²) in [5, 5.41) is 9.30. The van der Waals surface area contributed by atoms with E-state index in [9.17, 15) is 19.1 Å². The van der Waals surface area contributed by atoms with Crippen LogP contribution < -0.4 is 5.56 Å². The number of hydrogen-bond donors (Lipinski definition) is 2. The highest BCUT2D eigenvalue weighted by molar-refractivity contribution is 7.71. The predicted octanol–water partition coefficient (Wildman–Crippen LogP) is 2.50. The number of carboxylic acid groups (broad SMARTS) is 1. The van der Waals surface area contributed by atoms with Crippen LogP contribution in [0.4, 0.5) is 4.39 Å². The molecule has 2 heterocycles. The Morgan fingerprint density at radius 1 is 1.39 bits per heavy atom. The number of nitrogens with one attached hydrogen (secondary N) is 1. The normalized spacial score (nSPS) is 10.9. The van der Waals surface area contributed by atoms with Gasteiger partial charge in [-0.15, -0.1) is 0 Å². The molecule has 0 bridgehead atoms. The lowest BCUT2D eigenvalue weighted by atomic mass is 10.1. The summed E-state index contributed by atoms with van der Waals surface area (Å²) >= 11 is 5.01. The van der Waals surface area contributed by atoms with Crippen LogP contribution >= 0.6 is 12.2 Å². The van der Waals surface area contributed by atoms with Crippen molar-refractivity contribution in [1.29, 1.82) is 0 Å². The number of hydrogen-bond acceptors (Lipinski definition) is 4. The first-order chi connectivity index (χ1) is 10.9. The minimum atomic E-state index is -1.31. The fourth-order valence-electron chi connectivity index (χ4n) is 2.31. The third-order valence-corrected chi connectivity index (χ3v) is 3.83. The average Bonchev–Trinajstić information content (AvgIpc) is 2.52. The summed E-state index contributed by atoms with van der Waals surface area (Å²) in [6.45, 7) is 0. The molecule has 6 nitrogen and oxygen atoms in total. The molecule has 0 aliphatic heterocycles. The first-order valence-electron chi connectivity index (χ1n) is 6.52. The Morgan fingerprint density at radius 3 is 2.74 bits per heavy atom. The zero-order chi connectivity index (χ0) is 16.7. The molecular weight excluding hydrogens is 321 g/mol. The van der Waals surface area contributed by atoms with Gasteiger partial charge < -0.3 is 9.67 Å². The molecule has 0 aliphatic rings. The van der Waals surface area contributed by atoms with Crippen LogP contribution in [0, 0.1) is 10.6 Å². The van der Waals surface area contributed by atoms with Crippen molar-refractivity contribution in [2.24, 2.45) is 7.05 Å². The van der Waals surface area contributed by atoms with Crippen LogP contribution in [0.3, 0.4) is 0 Å². The zero-order valence-electron chi connectivity index (χ0n) is 11.8. The Balaban J connectivity index is 2.51. The number of aromatic amines is 1. The van der Waals surface area contributed by atoms with Crippen LogP contribution in [0.2, 0.25) is 0 Å². The number of carboxylic acids is 1. The first kappa shape index (κ1) is 15.0. The fourth-order valence-corrected chi connectivity index (χ4v) is 2.49. The highest BCUT2D eigenvalue weighted by atomic mass is 32.1. The third kappa shape index (κ3) is 2.42. The molecular formula is C15H10FN3O3S.